The molecule has 1 aliphatic rings. The minimum Gasteiger partial charge on any atom is -0.374 e. The van der Waals surface area contributed by atoms with Gasteiger partial charge in [0.1, 0.15) is 6.04 Å². The van der Waals surface area contributed by atoms with Crippen LogP contribution >= 0.6 is 0 Å². The van der Waals surface area contributed by atoms with Crippen LogP contribution in [-0.2, 0) is 4.79 Å². The number of benzene rings is 1. The second kappa shape index (κ2) is 5.60. The Bertz CT molecular complexity index is 558. The van der Waals surface area contributed by atoms with Crippen LogP contribution in [0, 0.1) is 0 Å². The van der Waals surface area contributed by atoms with Crippen LogP contribution in [0.2, 0.25) is 0 Å². The number of nitrogens with zero attached hydrogens (tertiary/aromatic N) is 1. The SMILES string of the molecule is CC(Nc1cccc(C(N)=O)c1)C(=O)N1CCNC1=O. The van der Waals surface area contributed by atoms with Crippen LogP contribution in [0.25, 0.3) is 0 Å². The van der Waals surface area contributed by atoms with E-state index >= 15 is 0 Å². The summed E-state index contributed by atoms with van der Waals surface area (Å²) in [6.45, 7) is 2.49. The standard InChI is InChI=1S/C13H16N4O3/c1-8(12(19)17-6-5-15-13(17)20)16-10-4-2-3-9(7-10)11(14)18/h2-4,7-8,16H,5-6H2,1H3,(H2,14,18)(H,15,20). The summed E-state index contributed by atoms with van der Waals surface area (Å²) in [6, 6.07) is 5.59. The van der Waals surface area contributed by atoms with E-state index in [0.29, 0.717) is 24.3 Å². The van der Waals surface area contributed by atoms with E-state index in [1.165, 1.54) is 0 Å². The first-order chi connectivity index (χ1) is 9.49. The number of anilines is 1. The summed E-state index contributed by atoms with van der Waals surface area (Å²) < 4.78 is 0. The van der Waals surface area contributed by atoms with E-state index in [2.05, 4.69) is 10.6 Å². The molecule has 1 unspecified atom stereocenters. The van der Waals surface area contributed by atoms with Gasteiger partial charge >= 0.3 is 6.03 Å². The molecule has 0 bridgehead atoms. The Hall–Kier alpha value is -2.57. The van der Waals surface area contributed by atoms with Crippen LogP contribution in [0.15, 0.2) is 24.3 Å². The molecule has 1 aliphatic heterocycles. The van der Waals surface area contributed by atoms with Crippen molar-refractivity contribution in [3.8, 4) is 0 Å². The lowest BCUT2D eigenvalue weighted by atomic mass is 10.1. The number of imide groups is 1. The Labute approximate surface area is 116 Å². The van der Waals surface area contributed by atoms with E-state index in [4.69, 9.17) is 5.73 Å². The van der Waals surface area contributed by atoms with E-state index in [1.54, 1.807) is 31.2 Å². The van der Waals surface area contributed by atoms with Crippen LogP contribution in [0.5, 0.6) is 0 Å². The fourth-order valence-electron chi connectivity index (χ4n) is 1.99. The van der Waals surface area contributed by atoms with Crippen molar-refractivity contribution in [2.45, 2.75) is 13.0 Å². The summed E-state index contributed by atoms with van der Waals surface area (Å²) in [7, 11) is 0. The molecule has 7 nitrogen and oxygen atoms in total. The largest absolute Gasteiger partial charge is 0.374 e. The Morgan fingerprint density at radius 3 is 2.80 bits per heavy atom. The van der Waals surface area contributed by atoms with Crippen molar-refractivity contribution in [2.24, 2.45) is 5.73 Å². The fourth-order valence-corrected chi connectivity index (χ4v) is 1.99. The van der Waals surface area contributed by atoms with Crippen LogP contribution < -0.4 is 16.4 Å². The van der Waals surface area contributed by atoms with E-state index in [9.17, 15) is 14.4 Å². The van der Waals surface area contributed by atoms with Crippen molar-refractivity contribution < 1.29 is 14.4 Å². The van der Waals surface area contributed by atoms with Crippen LogP contribution in [0.4, 0.5) is 10.5 Å². The number of carbonyl (C=O) groups excluding carboxylic acids is 3. The molecule has 0 aromatic heterocycles. The zero-order valence-corrected chi connectivity index (χ0v) is 11.1. The minimum atomic E-state index is -0.582. The molecule has 4 N–H and O–H groups in total. The second-order valence-corrected chi connectivity index (χ2v) is 4.53. The highest BCUT2D eigenvalue weighted by Crippen LogP contribution is 2.13. The topological polar surface area (TPSA) is 105 Å². The lowest BCUT2D eigenvalue weighted by Gasteiger charge is -2.19. The molecule has 106 valence electrons. The summed E-state index contributed by atoms with van der Waals surface area (Å²) in [5.41, 5.74) is 6.15. The highest BCUT2D eigenvalue weighted by Gasteiger charge is 2.29. The van der Waals surface area contributed by atoms with Crippen molar-refractivity contribution in [3.05, 3.63) is 29.8 Å². The van der Waals surface area contributed by atoms with Crippen molar-refractivity contribution in [2.75, 3.05) is 18.4 Å². The normalized spacial score (nSPS) is 15.7. The van der Waals surface area contributed by atoms with Crippen molar-refractivity contribution in [3.63, 3.8) is 0 Å². The van der Waals surface area contributed by atoms with Gasteiger partial charge in [-0.2, -0.15) is 0 Å². The van der Waals surface area contributed by atoms with Gasteiger partial charge in [0.2, 0.25) is 5.91 Å². The van der Waals surface area contributed by atoms with E-state index in [1.807, 2.05) is 0 Å². The summed E-state index contributed by atoms with van der Waals surface area (Å²) in [6.07, 6.45) is 0. The van der Waals surface area contributed by atoms with Gasteiger partial charge in [-0.1, -0.05) is 6.07 Å². The summed E-state index contributed by atoms with van der Waals surface area (Å²) in [4.78, 5) is 35.8. The maximum Gasteiger partial charge on any atom is 0.324 e. The first kappa shape index (κ1) is 13.9. The number of carbonyl (C=O) groups is 3. The van der Waals surface area contributed by atoms with Crippen LogP contribution in [0.3, 0.4) is 0 Å². The number of hydrogen-bond acceptors (Lipinski definition) is 4. The van der Waals surface area contributed by atoms with Gasteiger partial charge < -0.3 is 16.4 Å². The molecule has 0 aliphatic carbocycles. The second-order valence-electron chi connectivity index (χ2n) is 4.53. The number of nitrogens with two attached hydrogens (primary N) is 1. The van der Waals surface area contributed by atoms with Gasteiger partial charge in [0.15, 0.2) is 0 Å². The molecule has 1 fully saturated rings. The number of hydrogen-bond donors (Lipinski definition) is 3. The zero-order chi connectivity index (χ0) is 14.7. The Balaban J connectivity index is 2.05. The van der Waals surface area contributed by atoms with Crippen molar-refractivity contribution in [1.82, 2.24) is 10.2 Å². The van der Waals surface area contributed by atoms with Gasteiger partial charge in [-0.05, 0) is 25.1 Å². The minimum absolute atomic E-state index is 0.315. The van der Waals surface area contributed by atoms with Gasteiger partial charge in [0.25, 0.3) is 5.91 Å². The number of urea groups is 1. The van der Waals surface area contributed by atoms with Crippen LogP contribution in [-0.4, -0.2) is 41.9 Å². The summed E-state index contributed by atoms with van der Waals surface area (Å²) >= 11 is 0. The molecule has 0 radical (unpaired) electrons. The predicted molar refractivity (Wildman–Crippen MR) is 73.2 cm³/mol. The predicted octanol–water partition coefficient (Wildman–Crippen LogP) is 0.138. The summed E-state index contributed by atoms with van der Waals surface area (Å²) in [5, 5.41) is 5.53. The Morgan fingerprint density at radius 2 is 2.20 bits per heavy atom. The third kappa shape index (κ3) is 2.87. The molecular weight excluding hydrogens is 260 g/mol. The van der Waals surface area contributed by atoms with Crippen molar-refractivity contribution >= 4 is 23.5 Å². The number of amides is 4. The Kier molecular flexibility index (Phi) is 3.88. The lowest BCUT2D eigenvalue weighted by Crippen LogP contribution is -2.43. The van der Waals surface area contributed by atoms with E-state index < -0.39 is 11.9 Å². The average Bonchev–Trinajstić information content (AvgIpc) is 2.84. The number of rotatable bonds is 4. The molecule has 20 heavy (non-hydrogen) atoms. The molecular formula is C13H16N4O3. The van der Waals surface area contributed by atoms with Gasteiger partial charge in [-0.25, -0.2) is 4.79 Å². The van der Waals surface area contributed by atoms with Gasteiger partial charge in [-0.3, -0.25) is 14.5 Å². The fraction of sp³-hybridized carbons (Fsp3) is 0.308. The molecule has 7 heteroatoms. The highest BCUT2D eigenvalue weighted by atomic mass is 16.2. The Morgan fingerprint density at radius 1 is 1.45 bits per heavy atom. The number of nitrogens with one attached hydrogen (secondary N) is 2. The lowest BCUT2D eigenvalue weighted by molar-refractivity contribution is -0.128. The van der Waals surface area contributed by atoms with E-state index in [0.717, 1.165) is 4.90 Å². The van der Waals surface area contributed by atoms with Gasteiger partial charge in [0, 0.05) is 24.3 Å². The highest BCUT2D eigenvalue weighted by molar-refractivity contribution is 5.99. The van der Waals surface area contributed by atoms with Crippen molar-refractivity contribution in [1.29, 1.82) is 0 Å². The first-order valence-corrected chi connectivity index (χ1v) is 6.24. The molecule has 0 spiro atoms. The quantitative estimate of drug-likeness (QED) is 0.727. The molecule has 0 saturated carbocycles. The third-order valence-electron chi connectivity index (χ3n) is 3.02. The molecule has 1 saturated heterocycles. The molecule has 1 heterocycles. The molecule has 1 aromatic carbocycles. The maximum absolute atomic E-state index is 12.1. The summed E-state index contributed by atoms with van der Waals surface area (Å²) in [5.74, 6) is -0.851. The zero-order valence-electron chi connectivity index (χ0n) is 11.1. The molecule has 1 aromatic rings. The van der Waals surface area contributed by atoms with Crippen LogP contribution in [0.1, 0.15) is 17.3 Å². The van der Waals surface area contributed by atoms with Gasteiger partial charge in [-0.15, -0.1) is 0 Å². The van der Waals surface area contributed by atoms with Gasteiger partial charge in [0.05, 0.1) is 0 Å². The third-order valence-corrected chi connectivity index (χ3v) is 3.02. The smallest absolute Gasteiger partial charge is 0.324 e. The number of primary amides is 1. The molecule has 1 atom stereocenters. The van der Waals surface area contributed by atoms with E-state index in [-0.39, 0.29) is 11.9 Å². The first-order valence-electron chi connectivity index (χ1n) is 6.24. The monoisotopic (exact) mass is 276 g/mol. The molecule has 4 amide bonds. The molecule has 2 rings (SSSR count). The maximum atomic E-state index is 12.1. The average molecular weight is 276 g/mol.